The van der Waals surface area contributed by atoms with Crippen LogP contribution in [0.25, 0.3) is 0 Å². The number of quaternary nitrogens is 2. The van der Waals surface area contributed by atoms with Crippen LogP contribution in [-0.2, 0) is 0 Å². The highest BCUT2D eigenvalue weighted by molar-refractivity contribution is 4.28. The van der Waals surface area contributed by atoms with Crippen LogP contribution in [0.3, 0.4) is 0 Å². The van der Waals surface area contributed by atoms with Gasteiger partial charge in [0.05, 0.1) is 27.7 Å². The lowest BCUT2D eigenvalue weighted by atomic mass is 10.4. The van der Waals surface area contributed by atoms with Crippen molar-refractivity contribution in [1.82, 2.24) is 6.15 Å². The van der Waals surface area contributed by atoms with Gasteiger partial charge in [-0.15, -0.1) is 0 Å². The van der Waals surface area contributed by atoms with E-state index < -0.39 is 0 Å². The zero-order valence-corrected chi connectivity index (χ0v) is 9.28. The summed E-state index contributed by atoms with van der Waals surface area (Å²) in [6.07, 6.45) is 0.906. The second-order valence-corrected chi connectivity index (χ2v) is 3.09. The van der Waals surface area contributed by atoms with Crippen LogP contribution in [0, 0.1) is 0 Å². The molecule has 0 radical (unpaired) electrons. The molecule has 0 saturated heterocycles. The summed E-state index contributed by atoms with van der Waals surface area (Å²) in [4.78, 5) is 0. The van der Waals surface area contributed by atoms with Crippen LogP contribution < -0.4 is 31.0 Å². The van der Waals surface area contributed by atoms with Crippen molar-refractivity contribution < 1.29 is 34.4 Å². The standard InChI is InChI=1S/C6H16NO.2ClH.H3N/c1-7(2,3)5-4-6-8;;;/h8H,4-6H2,1-3H3;2*1H;1H3/q+1;;;/p-1. The lowest BCUT2D eigenvalue weighted by Gasteiger charge is -2.22. The number of hydrogen-bond acceptors (Lipinski definition) is 1. The third-order valence-electron chi connectivity index (χ3n) is 0.987. The van der Waals surface area contributed by atoms with Gasteiger partial charge in [-0.1, -0.05) is 0 Å². The van der Waals surface area contributed by atoms with E-state index in [1.807, 2.05) is 0 Å². The largest absolute Gasteiger partial charge is 1.00 e. The Morgan fingerprint density at radius 3 is 1.55 bits per heavy atom. The van der Waals surface area contributed by atoms with Crippen molar-refractivity contribution >= 4 is 0 Å². The zero-order chi connectivity index (χ0) is 6.62. The lowest BCUT2D eigenvalue weighted by Crippen LogP contribution is -3.00. The minimum absolute atomic E-state index is 0. The maximum atomic E-state index is 8.42. The first-order chi connectivity index (χ1) is 3.56. The number of halogens is 2. The first kappa shape index (κ1) is 22.5. The van der Waals surface area contributed by atoms with Gasteiger partial charge in [0.25, 0.3) is 0 Å². The van der Waals surface area contributed by atoms with E-state index in [9.17, 15) is 0 Å². The molecule has 0 aromatic carbocycles. The van der Waals surface area contributed by atoms with Crippen molar-refractivity contribution in [3.63, 3.8) is 0 Å². The average Bonchev–Trinajstić information content (AvgIpc) is 1.59. The summed E-state index contributed by atoms with van der Waals surface area (Å²) in [5.41, 5.74) is 0. The number of aliphatic hydroxyl groups excluding tert-OH is 1. The van der Waals surface area contributed by atoms with Crippen molar-refractivity contribution in [1.29, 1.82) is 0 Å². The molecule has 3 nitrogen and oxygen atoms in total. The maximum Gasteiger partial charge on any atom is 0.0802 e. The molecular formula is C6H20Cl2N2O. The van der Waals surface area contributed by atoms with Gasteiger partial charge in [-0.25, -0.2) is 0 Å². The molecule has 0 heterocycles. The van der Waals surface area contributed by atoms with Crippen LogP contribution in [0.15, 0.2) is 0 Å². The van der Waals surface area contributed by atoms with Crippen molar-refractivity contribution in [3.8, 4) is 0 Å². The minimum atomic E-state index is 0. The quantitative estimate of drug-likeness (QED) is 0.446. The van der Waals surface area contributed by atoms with Gasteiger partial charge in [0.1, 0.15) is 0 Å². The van der Waals surface area contributed by atoms with E-state index in [-0.39, 0.29) is 31.0 Å². The molecule has 0 aromatic heterocycles. The molecule has 0 spiro atoms. The molecule has 11 heavy (non-hydrogen) atoms. The number of aliphatic hydroxyl groups is 1. The van der Waals surface area contributed by atoms with Gasteiger partial charge < -0.3 is 40.6 Å². The Balaban J connectivity index is -0.0000000817. The van der Waals surface area contributed by atoms with E-state index >= 15 is 0 Å². The summed E-state index contributed by atoms with van der Waals surface area (Å²) < 4.78 is 0.945. The normalized spacial score (nSPS) is 8.73. The molecule has 0 aromatic rings. The number of hydrogen-bond donors (Lipinski definition) is 2. The molecule has 0 rings (SSSR count). The predicted molar refractivity (Wildman–Crippen MR) is 40.6 cm³/mol. The van der Waals surface area contributed by atoms with Crippen LogP contribution >= 0.6 is 0 Å². The highest BCUT2D eigenvalue weighted by atomic mass is 35.5. The summed E-state index contributed by atoms with van der Waals surface area (Å²) in [6, 6.07) is 0. The summed E-state index contributed by atoms with van der Waals surface area (Å²) in [6.45, 7) is 1.37. The number of rotatable bonds is 3. The summed E-state index contributed by atoms with van der Waals surface area (Å²) in [5.74, 6) is 0. The zero-order valence-electron chi connectivity index (χ0n) is 7.77. The highest BCUT2D eigenvalue weighted by Gasteiger charge is 2.03. The number of nitrogens with zero attached hydrogens (tertiary/aromatic N) is 1. The molecule has 0 aliphatic heterocycles. The molecule has 0 amide bonds. The van der Waals surface area contributed by atoms with Gasteiger partial charge in [0, 0.05) is 13.0 Å². The Kier molecular flexibility index (Phi) is 21.4. The van der Waals surface area contributed by atoms with Crippen LogP contribution in [0.1, 0.15) is 6.42 Å². The third kappa shape index (κ3) is 25.1. The molecule has 0 bridgehead atoms. The van der Waals surface area contributed by atoms with Crippen LogP contribution in [0.4, 0.5) is 0 Å². The van der Waals surface area contributed by atoms with Gasteiger partial charge in [-0.3, -0.25) is 0 Å². The third-order valence-corrected chi connectivity index (χ3v) is 0.987. The van der Waals surface area contributed by atoms with E-state index in [2.05, 4.69) is 21.1 Å². The fourth-order valence-corrected chi connectivity index (χ4v) is 0.545. The Morgan fingerprint density at radius 1 is 1.09 bits per heavy atom. The van der Waals surface area contributed by atoms with E-state index in [0.717, 1.165) is 17.4 Å². The van der Waals surface area contributed by atoms with Gasteiger partial charge >= 0.3 is 0 Å². The Morgan fingerprint density at radius 2 is 1.45 bits per heavy atom. The highest BCUT2D eigenvalue weighted by Crippen LogP contribution is 1.90. The average molecular weight is 207 g/mol. The van der Waals surface area contributed by atoms with Crippen molar-refractivity contribution in [3.05, 3.63) is 0 Å². The summed E-state index contributed by atoms with van der Waals surface area (Å²) in [5, 5.41) is 8.42. The predicted octanol–water partition coefficient (Wildman–Crippen LogP) is -5.54. The molecule has 0 saturated carbocycles. The minimum Gasteiger partial charge on any atom is -1.00 e. The fraction of sp³-hybridized carbons (Fsp3) is 1.00. The van der Waals surface area contributed by atoms with Gasteiger partial charge in [0.15, 0.2) is 0 Å². The molecule has 5 heteroatoms. The van der Waals surface area contributed by atoms with Gasteiger partial charge in [-0.05, 0) is 0 Å². The van der Waals surface area contributed by atoms with Crippen LogP contribution in [0.5, 0.6) is 0 Å². The molecule has 0 aliphatic rings. The monoisotopic (exact) mass is 206 g/mol. The molecule has 0 aliphatic carbocycles. The second kappa shape index (κ2) is 10.5. The molecule has 0 unspecified atom stereocenters. The molecule has 5 N–H and O–H groups in total. The van der Waals surface area contributed by atoms with Crippen LogP contribution in [0.2, 0.25) is 0 Å². The van der Waals surface area contributed by atoms with Crippen molar-refractivity contribution in [2.24, 2.45) is 0 Å². The molecule has 0 atom stereocenters. The van der Waals surface area contributed by atoms with Crippen molar-refractivity contribution in [2.75, 3.05) is 34.3 Å². The Labute approximate surface area is 81.8 Å². The first-order valence-electron chi connectivity index (χ1n) is 2.97. The van der Waals surface area contributed by atoms with Gasteiger partial charge in [0.2, 0.25) is 0 Å². The van der Waals surface area contributed by atoms with E-state index in [0.29, 0.717) is 6.61 Å². The summed E-state index contributed by atoms with van der Waals surface area (Å²) >= 11 is 0. The molecule has 74 valence electrons. The van der Waals surface area contributed by atoms with E-state index in [1.165, 1.54) is 0 Å². The van der Waals surface area contributed by atoms with Crippen LogP contribution in [-0.4, -0.2) is 43.9 Å². The topological polar surface area (TPSA) is 56.7 Å². The fourth-order valence-electron chi connectivity index (χ4n) is 0.545. The van der Waals surface area contributed by atoms with Crippen molar-refractivity contribution in [2.45, 2.75) is 6.42 Å². The first-order valence-corrected chi connectivity index (χ1v) is 2.97. The Hall–Kier alpha value is 0.460. The Bertz CT molecular complexity index is 66.1. The summed E-state index contributed by atoms with van der Waals surface area (Å²) in [7, 11) is 6.36. The SMILES string of the molecule is C[N+](C)(C)CCCO.[Cl-].[Cl-].[NH4+]. The van der Waals surface area contributed by atoms with Gasteiger partial charge in [-0.2, -0.15) is 0 Å². The maximum absolute atomic E-state index is 8.42. The lowest BCUT2D eigenvalue weighted by molar-refractivity contribution is -0.870. The van der Waals surface area contributed by atoms with E-state index in [1.54, 1.807) is 0 Å². The molecular weight excluding hydrogens is 187 g/mol. The van der Waals surface area contributed by atoms with E-state index in [4.69, 9.17) is 5.11 Å². The smallest absolute Gasteiger partial charge is 0.0802 e. The second-order valence-electron chi connectivity index (χ2n) is 3.09. The molecule has 0 fully saturated rings.